The molecule has 1 aliphatic heterocycles. The topological polar surface area (TPSA) is 82.1 Å². The molecule has 1 saturated heterocycles. The number of nitrogens with zero attached hydrogens (tertiary/aromatic N) is 1. The van der Waals surface area contributed by atoms with Gasteiger partial charge in [0, 0.05) is 6.54 Å². The van der Waals surface area contributed by atoms with Gasteiger partial charge < -0.3 is 14.4 Å². The van der Waals surface area contributed by atoms with Crippen LogP contribution in [-0.2, 0) is 23.8 Å². The van der Waals surface area contributed by atoms with E-state index < -0.39 is 27.6 Å². The number of carbonyl (C=O) groups is 1. The van der Waals surface area contributed by atoms with Crippen molar-refractivity contribution in [1.82, 2.24) is 4.90 Å². The van der Waals surface area contributed by atoms with Crippen molar-refractivity contribution in [2.24, 2.45) is 0 Å². The molecule has 0 bridgehead atoms. The summed E-state index contributed by atoms with van der Waals surface area (Å²) >= 11 is 0. The summed E-state index contributed by atoms with van der Waals surface area (Å²) in [7, 11) is -4.02. The van der Waals surface area contributed by atoms with E-state index in [2.05, 4.69) is 0 Å². The van der Waals surface area contributed by atoms with Crippen LogP contribution in [0.2, 0.25) is 0 Å². The molecule has 1 aromatic carbocycles. The predicted molar refractivity (Wildman–Crippen MR) is 91.6 cm³/mol. The maximum absolute atomic E-state index is 12.5. The molecule has 0 aliphatic carbocycles. The maximum Gasteiger partial charge on any atom is 0.410 e. The monoisotopic (exact) mass is 371 g/mol. The fourth-order valence-corrected chi connectivity index (χ4v) is 3.49. The molecule has 0 aromatic heterocycles. The average Bonchev–Trinajstić information content (AvgIpc) is 2.44. The number of rotatable bonds is 3. The number of ether oxygens (including phenoxy) is 2. The Bertz CT molecular complexity index is 723. The molecule has 2 rings (SSSR count). The molecule has 1 amide bonds. The van der Waals surface area contributed by atoms with Crippen LogP contribution in [0.3, 0.4) is 0 Å². The van der Waals surface area contributed by atoms with Crippen LogP contribution < -0.4 is 0 Å². The van der Waals surface area contributed by atoms with Crippen molar-refractivity contribution < 1.29 is 26.9 Å². The van der Waals surface area contributed by atoms with E-state index >= 15 is 0 Å². The maximum atomic E-state index is 12.5. The third kappa shape index (κ3) is 5.42. The lowest BCUT2D eigenvalue weighted by Crippen LogP contribution is -2.55. The molecule has 1 heterocycles. The molecule has 1 unspecified atom stereocenters. The van der Waals surface area contributed by atoms with Crippen molar-refractivity contribution in [3.63, 3.8) is 0 Å². The van der Waals surface area contributed by atoms with Gasteiger partial charge in [-0.05, 0) is 46.8 Å². The Labute approximate surface area is 149 Å². The lowest BCUT2D eigenvalue weighted by Gasteiger charge is -2.39. The van der Waals surface area contributed by atoms with Crippen LogP contribution in [0.4, 0.5) is 4.79 Å². The Balaban J connectivity index is 2.12. The predicted octanol–water partition coefficient (Wildman–Crippen LogP) is 2.68. The molecule has 1 atom stereocenters. The molecule has 140 valence electrons. The minimum atomic E-state index is -4.02. The molecule has 0 radical (unpaired) electrons. The fraction of sp³-hybridized carbons (Fsp3) is 0.588. The van der Waals surface area contributed by atoms with E-state index in [1.165, 1.54) is 24.0 Å². The summed E-state index contributed by atoms with van der Waals surface area (Å²) in [5.74, 6) is -1.47. The first-order valence-corrected chi connectivity index (χ1v) is 9.45. The normalized spacial score (nSPS) is 21.9. The first-order chi connectivity index (χ1) is 11.4. The minimum absolute atomic E-state index is 0.0392. The fourth-order valence-electron chi connectivity index (χ4n) is 2.36. The second-order valence-electron chi connectivity index (χ2n) is 7.23. The van der Waals surface area contributed by atoms with Crippen molar-refractivity contribution in [3.05, 3.63) is 29.8 Å². The highest BCUT2D eigenvalue weighted by atomic mass is 32.2. The van der Waals surface area contributed by atoms with Gasteiger partial charge in [0.15, 0.2) is 0 Å². The van der Waals surface area contributed by atoms with Gasteiger partial charge in [0.05, 0.1) is 18.0 Å². The number of benzene rings is 1. The molecule has 25 heavy (non-hydrogen) atoms. The quantitative estimate of drug-likeness (QED) is 0.760. The Kier molecular flexibility index (Phi) is 5.46. The van der Waals surface area contributed by atoms with E-state index in [0.29, 0.717) is 6.54 Å². The number of amides is 1. The average molecular weight is 371 g/mol. The number of carbonyl (C=O) groups excluding carboxylic acids is 1. The van der Waals surface area contributed by atoms with E-state index in [0.717, 1.165) is 5.56 Å². The zero-order valence-corrected chi connectivity index (χ0v) is 16.1. The summed E-state index contributed by atoms with van der Waals surface area (Å²) in [6, 6.07) is 6.32. The van der Waals surface area contributed by atoms with Gasteiger partial charge in [-0.2, -0.15) is 8.42 Å². The Morgan fingerprint density at radius 3 is 2.40 bits per heavy atom. The van der Waals surface area contributed by atoms with Gasteiger partial charge in [-0.3, -0.25) is 0 Å². The van der Waals surface area contributed by atoms with Crippen LogP contribution in [0.15, 0.2) is 29.2 Å². The van der Waals surface area contributed by atoms with Crippen molar-refractivity contribution in [2.45, 2.75) is 50.9 Å². The molecule has 1 aliphatic rings. The van der Waals surface area contributed by atoms with Crippen molar-refractivity contribution in [2.75, 3.05) is 19.7 Å². The van der Waals surface area contributed by atoms with Crippen LogP contribution in [0, 0.1) is 6.92 Å². The first-order valence-electron chi connectivity index (χ1n) is 8.04. The summed E-state index contributed by atoms with van der Waals surface area (Å²) in [5, 5.41) is 0. The van der Waals surface area contributed by atoms with Crippen LogP contribution in [-0.4, -0.2) is 50.5 Å². The van der Waals surface area contributed by atoms with Crippen LogP contribution in [0.25, 0.3) is 0 Å². The zero-order chi connectivity index (χ0) is 18.9. The van der Waals surface area contributed by atoms with Gasteiger partial charge in [-0.15, -0.1) is 0 Å². The van der Waals surface area contributed by atoms with Gasteiger partial charge in [0.2, 0.25) is 5.79 Å². The standard InChI is InChI=1S/C17H25NO6S/c1-13-6-8-14(9-7-13)25(20,21)24-17(5)12-18(10-11-22-17)15(19)23-16(2,3)4/h6-9H,10-12H2,1-5H3. The second kappa shape index (κ2) is 6.93. The highest BCUT2D eigenvalue weighted by molar-refractivity contribution is 7.86. The zero-order valence-electron chi connectivity index (χ0n) is 15.2. The number of morpholine rings is 1. The summed E-state index contributed by atoms with van der Waals surface area (Å²) in [6.45, 7) is 9.07. The lowest BCUT2D eigenvalue weighted by molar-refractivity contribution is -0.203. The number of hydrogen-bond acceptors (Lipinski definition) is 6. The summed E-state index contributed by atoms with van der Waals surface area (Å²) in [6.07, 6.45) is -0.529. The first kappa shape index (κ1) is 19.7. The van der Waals surface area contributed by atoms with E-state index in [9.17, 15) is 13.2 Å². The molecule has 0 N–H and O–H groups in total. The molecular formula is C17H25NO6S. The van der Waals surface area contributed by atoms with Gasteiger partial charge >= 0.3 is 6.09 Å². The summed E-state index contributed by atoms with van der Waals surface area (Å²) < 4.78 is 41.1. The molecular weight excluding hydrogens is 346 g/mol. The molecule has 7 nitrogen and oxygen atoms in total. The highest BCUT2D eigenvalue weighted by Crippen LogP contribution is 2.26. The van der Waals surface area contributed by atoms with Crippen LogP contribution in [0.1, 0.15) is 33.3 Å². The Hall–Kier alpha value is -1.64. The Morgan fingerprint density at radius 2 is 1.84 bits per heavy atom. The van der Waals surface area contributed by atoms with Crippen molar-refractivity contribution in [1.29, 1.82) is 0 Å². The number of hydrogen-bond donors (Lipinski definition) is 0. The third-order valence-electron chi connectivity index (χ3n) is 3.49. The van der Waals surface area contributed by atoms with Crippen molar-refractivity contribution in [3.8, 4) is 0 Å². The largest absolute Gasteiger partial charge is 0.444 e. The van der Waals surface area contributed by atoms with E-state index in [-0.39, 0.29) is 18.0 Å². The van der Waals surface area contributed by atoms with Gasteiger partial charge in [0.1, 0.15) is 5.60 Å². The molecule has 1 aromatic rings. The highest BCUT2D eigenvalue weighted by Gasteiger charge is 2.41. The smallest absolute Gasteiger partial charge is 0.410 e. The van der Waals surface area contributed by atoms with Crippen LogP contribution in [0.5, 0.6) is 0 Å². The lowest BCUT2D eigenvalue weighted by atomic mass is 10.2. The molecule has 0 saturated carbocycles. The SMILES string of the molecule is Cc1ccc(S(=O)(=O)OC2(C)CN(C(=O)OC(C)(C)C)CCO2)cc1. The molecule has 1 fully saturated rings. The summed E-state index contributed by atoms with van der Waals surface area (Å²) in [5.41, 5.74) is 0.302. The minimum Gasteiger partial charge on any atom is -0.444 e. The van der Waals surface area contributed by atoms with Gasteiger partial charge in [-0.25, -0.2) is 8.98 Å². The van der Waals surface area contributed by atoms with Gasteiger partial charge in [0.25, 0.3) is 10.1 Å². The third-order valence-corrected chi connectivity index (χ3v) is 4.92. The van der Waals surface area contributed by atoms with E-state index in [1.54, 1.807) is 32.9 Å². The van der Waals surface area contributed by atoms with E-state index in [4.69, 9.17) is 13.7 Å². The van der Waals surface area contributed by atoms with Gasteiger partial charge in [-0.1, -0.05) is 17.7 Å². The summed E-state index contributed by atoms with van der Waals surface area (Å²) in [4.78, 5) is 13.6. The number of aryl methyl sites for hydroxylation is 1. The Morgan fingerprint density at radius 1 is 1.24 bits per heavy atom. The molecule has 8 heteroatoms. The van der Waals surface area contributed by atoms with Crippen LogP contribution >= 0.6 is 0 Å². The van der Waals surface area contributed by atoms with Crippen molar-refractivity contribution >= 4 is 16.2 Å². The van der Waals surface area contributed by atoms with E-state index in [1.807, 2.05) is 6.92 Å². The second-order valence-corrected chi connectivity index (χ2v) is 8.78. The molecule has 0 spiro atoms.